The van der Waals surface area contributed by atoms with Gasteiger partial charge in [0.2, 0.25) is 0 Å². The summed E-state index contributed by atoms with van der Waals surface area (Å²) in [7, 11) is 1.30. The van der Waals surface area contributed by atoms with Crippen LogP contribution in [0.2, 0.25) is 0 Å². The van der Waals surface area contributed by atoms with Crippen molar-refractivity contribution in [2.75, 3.05) is 7.05 Å². The molecule has 0 saturated carbocycles. The fourth-order valence-corrected chi connectivity index (χ4v) is 4.40. The van der Waals surface area contributed by atoms with Gasteiger partial charge in [0.05, 0.1) is 0 Å². The van der Waals surface area contributed by atoms with E-state index in [2.05, 4.69) is 6.58 Å². The molecule has 24 heavy (non-hydrogen) atoms. The molecule has 1 aromatic carbocycles. The molecule has 2 aliphatic rings. The fourth-order valence-electron chi connectivity index (χ4n) is 3.48. The van der Waals surface area contributed by atoms with Crippen LogP contribution in [0.4, 0.5) is 4.39 Å². The first-order valence-electron chi connectivity index (χ1n) is 7.20. The normalized spacial score (nSPS) is 32.6. The molecule has 0 radical (unpaired) electrons. The first-order chi connectivity index (χ1) is 11.2. The van der Waals surface area contributed by atoms with E-state index >= 15 is 0 Å². The number of carbonyl (C=O) groups excluding carboxylic acids is 2. The number of rotatable bonds is 2. The monoisotopic (exact) mass is 369 g/mol. The summed E-state index contributed by atoms with van der Waals surface area (Å²) in [5.74, 6) is -3.81. The van der Waals surface area contributed by atoms with Crippen molar-refractivity contribution < 1.29 is 19.1 Å². The molecular formula is C17H14Cl2FNO3. The first kappa shape index (κ1) is 17.0. The number of benzene rings is 1. The van der Waals surface area contributed by atoms with Crippen LogP contribution in [0.3, 0.4) is 0 Å². The highest BCUT2D eigenvalue weighted by Crippen LogP contribution is 2.59. The number of allylic oxidation sites excluding steroid dienone is 3. The Morgan fingerprint density at radius 1 is 1.38 bits per heavy atom. The molecule has 4 nitrogen and oxygen atoms in total. The average molecular weight is 370 g/mol. The summed E-state index contributed by atoms with van der Waals surface area (Å²) in [6, 6.07) is 3.92. The molecule has 1 saturated heterocycles. The van der Waals surface area contributed by atoms with Crippen LogP contribution in [-0.4, -0.2) is 38.6 Å². The van der Waals surface area contributed by atoms with Gasteiger partial charge < -0.3 is 5.11 Å². The number of hydrogen-bond donors (Lipinski definition) is 1. The third-order valence-corrected chi connectivity index (χ3v) is 6.16. The van der Waals surface area contributed by atoms with Crippen LogP contribution < -0.4 is 0 Å². The molecule has 1 N–H and O–H groups in total. The van der Waals surface area contributed by atoms with Crippen molar-refractivity contribution in [2.24, 2.45) is 0 Å². The van der Waals surface area contributed by atoms with Crippen LogP contribution in [0, 0.1) is 5.82 Å². The van der Waals surface area contributed by atoms with Crippen molar-refractivity contribution in [1.82, 2.24) is 4.90 Å². The van der Waals surface area contributed by atoms with Crippen LogP contribution in [-0.2, 0) is 9.59 Å². The number of alkyl halides is 2. The predicted molar refractivity (Wildman–Crippen MR) is 88.6 cm³/mol. The number of amides is 2. The number of phenolic OH excluding ortho intramolecular Hbond substituents is 1. The lowest BCUT2D eigenvalue weighted by atomic mass is 9.68. The molecule has 1 heterocycles. The zero-order chi connectivity index (χ0) is 17.9. The van der Waals surface area contributed by atoms with E-state index in [0.29, 0.717) is 5.57 Å². The Bertz CT molecular complexity index is 809. The zero-order valence-corrected chi connectivity index (χ0v) is 14.2. The number of halogens is 3. The predicted octanol–water partition coefficient (Wildman–Crippen LogP) is 3.08. The van der Waals surface area contributed by atoms with Gasteiger partial charge in [-0.1, -0.05) is 30.9 Å². The topological polar surface area (TPSA) is 57.6 Å². The second-order valence-electron chi connectivity index (χ2n) is 5.91. The summed E-state index contributed by atoms with van der Waals surface area (Å²) in [5, 5.41) is 10.2. The highest BCUT2D eigenvalue weighted by Gasteiger charge is 2.72. The van der Waals surface area contributed by atoms with Crippen molar-refractivity contribution >= 4 is 35.0 Å². The number of aromatic hydroxyl groups is 1. The third-order valence-electron chi connectivity index (χ3n) is 4.75. The average Bonchev–Trinajstić information content (AvgIpc) is 2.69. The molecule has 3 atom stereocenters. The zero-order valence-electron chi connectivity index (χ0n) is 12.7. The van der Waals surface area contributed by atoms with Crippen molar-refractivity contribution in [3.8, 4) is 5.75 Å². The Morgan fingerprint density at radius 2 is 2.04 bits per heavy atom. The summed E-state index contributed by atoms with van der Waals surface area (Å²) < 4.78 is 13.8. The van der Waals surface area contributed by atoms with Crippen LogP contribution in [0.1, 0.15) is 17.9 Å². The lowest BCUT2D eigenvalue weighted by Gasteiger charge is -2.42. The number of fused-ring (bicyclic) bond motifs is 1. The molecule has 1 aliphatic heterocycles. The molecule has 1 fully saturated rings. The molecule has 0 bridgehead atoms. The number of likely N-dealkylation sites (tertiary alicyclic amines) is 1. The highest BCUT2D eigenvalue weighted by molar-refractivity contribution is 6.53. The van der Waals surface area contributed by atoms with Gasteiger partial charge in [0.25, 0.3) is 11.8 Å². The van der Waals surface area contributed by atoms with Gasteiger partial charge in [0.15, 0.2) is 21.3 Å². The smallest absolute Gasteiger partial charge is 0.253 e. The Labute approximate surface area is 148 Å². The standard InChI is InChI=1S/C17H14Cl2FNO3/c1-3-9-7-8-16(18)14(23)21(2)15(24)17(16,19)12(9)10-5-4-6-11(20)13(10)22/h3-7,12,22H,1,8H2,2H3. The lowest BCUT2D eigenvalue weighted by molar-refractivity contribution is -0.137. The van der Waals surface area contributed by atoms with E-state index in [1.54, 1.807) is 6.08 Å². The molecule has 0 aromatic heterocycles. The molecular weight excluding hydrogens is 356 g/mol. The second-order valence-corrected chi connectivity index (χ2v) is 7.15. The van der Waals surface area contributed by atoms with Gasteiger partial charge in [-0.05, 0) is 18.1 Å². The second kappa shape index (κ2) is 5.33. The number of phenols is 1. The van der Waals surface area contributed by atoms with E-state index in [1.807, 2.05) is 0 Å². The minimum Gasteiger partial charge on any atom is -0.505 e. The molecule has 3 unspecified atom stereocenters. The van der Waals surface area contributed by atoms with Gasteiger partial charge in [0.1, 0.15) is 0 Å². The van der Waals surface area contributed by atoms with E-state index < -0.39 is 39.0 Å². The number of hydrogen-bond acceptors (Lipinski definition) is 3. The van der Waals surface area contributed by atoms with Crippen molar-refractivity contribution in [3.63, 3.8) is 0 Å². The fraction of sp³-hybridized carbons (Fsp3) is 0.294. The first-order valence-corrected chi connectivity index (χ1v) is 7.96. The number of imide groups is 1. The summed E-state index contributed by atoms with van der Waals surface area (Å²) >= 11 is 13.2. The quantitative estimate of drug-likeness (QED) is 0.643. The molecule has 1 aliphatic carbocycles. The van der Waals surface area contributed by atoms with Crippen molar-refractivity contribution in [3.05, 3.63) is 53.9 Å². The van der Waals surface area contributed by atoms with E-state index in [1.165, 1.54) is 25.3 Å². The summed E-state index contributed by atoms with van der Waals surface area (Å²) in [6.07, 6.45) is 3.13. The Hall–Kier alpha value is -1.85. The van der Waals surface area contributed by atoms with Crippen LogP contribution >= 0.6 is 23.2 Å². The van der Waals surface area contributed by atoms with Crippen molar-refractivity contribution in [2.45, 2.75) is 22.1 Å². The number of para-hydroxylation sites is 1. The van der Waals surface area contributed by atoms with Gasteiger partial charge in [-0.15, -0.1) is 23.2 Å². The van der Waals surface area contributed by atoms with Gasteiger partial charge in [-0.25, -0.2) is 4.39 Å². The van der Waals surface area contributed by atoms with Gasteiger partial charge >= 0.3 is 0 Å². The Balaban J connectivity index is 2.33. The SMILES string of the molecule is C=CC1=CCC2(Cl)C(=O)N(C)C(=O)C2(Cl)C1c1cccc(F)c1O. The maximum atomic E-state index is 13.8. The molecule has 7 heteroatoms. The Kier molecular flexibility index (Phi) is 3.77. The largest absolute Gasteiger partial charge is 0.505 e. The van der Waals surface area contributed by atoms with Crippen LogP contribution in [0.15, 0.2) is 42.5 Å². The molecule has 3 rings (SSSR count). The van der Waals surface area contributed by atoms with Crippen LogP contribution in [0.5, 0.6) is 5.75 Å². The minimum absolute atomic E-state index is 0.0287. The number of carbonyl (C=O) groups is 2. The van der Waals surface area contributed by atoms with E-state index in [-0.39, 0.29) is 12.0 Å². The van der Waals surface area contributed by atoms with Gasteiger partial charge in [-0.2, -0.15) is 0 Å². The molecule has 0 spiro atoms. The maximum absolute atomic E-state index is 13.8. The van der Waals surface area contributed by atoms with Gasteiger partial charge in [-0.3, -0.25) is 14.5 Å². The van der Waals surface area contributed by atoms with E-state index in [9.17, 15) is 19.1 Å². The maximum Gasteiger partial charge on any atom is 0.253 e. The number of nitrogens with zero attached hydrogens (tertiary/aromatic N) is 1. The molecule has 126 valence electrons. The molecule has 2 amide bonds. The van der Waals surface area contributed by atoms with Gasteiger partial charge in [0, 0.05) is 18.5 Å². The van der Waals surface area contributed by atoms with E-state index in [0.717, 1.165) is 11.0 Å². The molecule has 1 aromatic rings. The third kappa shape index (κ3) is 1.85. The summed E-state index contributed by atoms with van der Waals surface area (Å²) in [4.78, 5) is 22.5. The van der Waals surface area contributed by atoms with Crippen LogP contribution in [0.25, 0.3) is 0 Å². The lowest BCUT2D eigenvalue weighted by Crippen LogP contribution is -2.54. The summed E-state index contributed by atoms with van der Waals surface area (Å²) in [5.41, 5.74) is 0.580. The summed E-state index contributed by atoms with van der Waals surface area (Å²) in [6.45, 7) is 3.69. The van der Waals surface area contributed by atoms with Crippen molar-refractivity contribution in [1.29, 1.82) is 0 Å². The van der Waals surface area contributed by atoms with E-state index in [4.69, 9.17) is 23.2 Å². The highest BCUT2D eigenvalue weighted by atomic mass is 35.5. The minimum atomic E-state index is -1.88. The Morgan fingerprint density at radius 3 is 2.67 bits per heavy atom.